The second kappa shape index (κ2) is 4.82. The molecule has 0 aromatic heterocycles. The van der Waals surface area contributed by atoms with E-state index in [1.165, 1.54) is 36.0 Å². The number of Topliss-reactive ketones (excluding diaryl/α,β-unsaturated/α-hetero) is 1. The number of ketones is 1. The molecule has 0 fully saturated rings. The standard InChI is InChI=1S/C15H20O/c1-3-11(2)15(16)10-12-7-8-13-5-4-6-14(13)9-12/h7-9,11H,3-6,10H2,1-2H3. The molecule has 1 aromatic carbocycles. The van der Waals surface area contributed by atoms with Crippen molar-refractivity contribution in [2.24, 2.45) is 5.92 Å². The van der Waals surface area contributed by atoms with Crippen molar-refractivity contribution in [1.82, 2.24) is 0 Å². The van der Waals surface area contributed by atoms with E-state index in [0.29, 0.717) is 12.2 Å². The Morgan fingerprint density at radius 2 is 2.06 bits per heavy atom. The molecule has 1 aliphatic carbocycles. The molecule has 0 amide bonds. The Labute approximate surface area is 97.9 Å². The third-order valence-electron chi connectivity index (χ3n) is 3.70. The zero-order chi connectivity index (χ0) is 11.5. The molecule has 0 saturated carbocycles. The van der Waals surface area contributed by atoms with Crippen molar-refractivity contribution in [3.05, 3.63) is 34.9 Å². The fraction of sp³-hybridized carbons (Fsp3) is 0.533. The molecule has 16 heavy (non-hydrogen) atoms. The van der Waals surface area contributed by atoms with Crippen molar-refractivity contribution >= 4 is 5.78 Å². The smallest absolute Gasteiger partial charge is 0.140 e. The van der Waals surface area contributed by atoms with Gasteiger partial charge in [0.15, 0.2) is 0 Å². The average molecular weight is 216 g/mol. The number of carbonyl (C=O) groups excluding carboxylic acids is 1. The average Bonchev–Trinajstić information content (AvgIpc) is 2.75. The Morgan fingerprint density at radius 3 is 2.81 bits per heavy atom. The summed E-state index contributed by atoms with van der Waals surface area (Å²) in [6, 6.07) is 6.58. The number of benzene rings is 1. The molecule has 0 bridgehead atoms. The maximum Gasteiger partial charge on any atom is 0.140 e. The lowest BCUT2D eigenvalue weighted by atomic mass is 9.96. The van der Waals surface area contributed by atoms with Gasteiger partial charge in [-0.25, -0.2) is 0 Å². The van der Waals surface area contributed by atoms with E-state index in [0.717, 1.165) is 6.42 Å². The molecule has 86 valence electrons. The normalized spacial score (nSPS) is 15.9. The minimum absolute atomic E-state index is 0.202. The van der Waals surface area contributed by atoms with Crippen LogP contribution in [0.3, 0.4) is 0 Å². The van der Waals surface area contributed by atoms with E-state index >= 15 is 0 Å². The number of hydrogen-bond donors (Lipinski definition) is 0. The highest BCUT2D eigenvalue weighted by atomic mass is 16.1. The summed E-state index contributed by atoms with van der Waals surface area (Å²) in [6.45, 7) is 4.10. The molecule has 0 N–H and O–H groups in total. The second-order valence-electron chi connectivity index (χ2n) is 4.91. The van der Waals surface area contributed by atoms with Gasteiger partial charge < -0.3 is 0 Å². The number of carbonyl (C=O) groups is 1. The van der Waals surface area contributed by atoms with Crippen LogP contribution < -0.4 is 0 Å². The van der Waals surface area contributed by atoms with Crippen molar-refractivity contribution < 1.29 is 4.79 Å². The summed E-state index contributed by atoms with van der Waals surface area (Å²) in [6.07, 6.45) is 5.25. The van der Waals surface area contributed by atoms with Crippen LogP contribution in [0.25, 0.3) is 0 Å². The summed E-state index contributed by atoms with van der Waals surface area (Å²) >= 11 is 0. The van der Waals surface area contributed by atoms with Crippen LogP contribution in [0.4, 0.5) is 0 Å². The van der Waals surface area contributed by atoms with E-state index < -0.39 is 0 Å². The van der Waals surface area contributed by atoms with Crippen LogP contribution >= 0.6 is 0 Å². The van der Waals surface area contributed by atoms with Gasteiger partial charge in [0.1, 0.15) is 5.78 Å². The van der Waals surface area contributed by atoms with E-state index in [2.05, 4.69) is 25.1 Å². The predicted octanol–water partition coefficient (Wildman–Crippen LogP) is 3.33. The second-order valence-corrected chi connectivity index (χ2v) is 4.91. The summed E-state index contributed by atoms with van der Waals surface area (Å²) in [5.74, 6) is 0.578. The summed E-state index contributed by atoms with van der Waals surface area (Å²) in [5, 5.41) is 0. The van der Waals surface area contributed by atoms with Crippen LogP contribution in [-0.4, -0.2) is 5.78 Å². The van der Waals surface area contributed by atoms with Crippen molar-refractivity contribution in [3.8, 4) is 0 Å². The van der Waals surface area contributed by atoms with E-state index in [1.807, 2.05) is 6.92 Å². The van der Waals surface area contributed by atoms with Gasteiger partial charge in [0, 0.05) is 12.3 Å². The van der Waals surface area contributed by atoms with Gasteiger partial charge in [-0.3, -0.25) is 4.79 Å². The summed E-state index contributed by atoms with van der Waals surface area (Å²) in [7, 11) is 0. The molecule has 0 heterocycles. The number of rotatable bonds is 4. The Balaban J connectivity index is 2.08. The van der Waals surface area contributed by atoms with Gasteiger partial charge in [0.2, 0.25) is 0 Å². The van der Waals surface area contributed by atoms with Gasteiger partial charge in [-0.15, -0.1) is 0 Å². The molecule has 1 aliphatic rings. The fourth-order valence-corrected chi connectivity index (χ4v) is 2.34. The number of aryl methyl sites for hydroxylation is 2. The van der Waals surface area contributed by atoms with Crippen molar-refractivity contribution in [1.29, 1.82) is 0 Å². The molecule has 1 nitrogen and oxygen atoms in total. The molecule has 1 aromatic rings. The molecule has 0 aliphatic heterocycles. The number of fused-ring (bicyclic) bond motifs is 1. The van der Waals surface area contributed by atoms with E-state index in [1.54, 1.807) is 0 Å². The van der Waals surface area contributed by atoms with E-state index in [4.69, 9.17) is 0 Å². The topological polar surface area (TPSA) is 17.1 Å². The Morgan fingerprint density at radius 1 is 1.31 bits per heavy atom. The predicted molar refractivity (Wildman–Crippen MR) is 66.6 cm³/mol. The third kappa shape index (κ3) is 2.34. The minimum Gasteiger partial charge on any atom is -0.299 e. The third-order valence-corrected chi connectivity index (χ3v) is 3.70. The largest absolute Gasteiger partial charge is 0.299 e. The van der Waals surface area contributed by atoms with Crippen LogP contribution in [0.2, 0.25) is 0 Å². The van der Waals surface area contributed by atoms with Crippen LogP contribution in [-0.2, 0) is 24.1 Å². The first-order chi connectivity index (χ1) is 7.70. The first-order valence-electron chi connectivity index (χ1n) is 6.34. The van der Waals surface area contributed by atoms with E-state index in [-0.39, 0.29) is 5.92 Å². The highest BCUT2D eigenvalue weighted by molar-refractivity contribution is 5.82. The van der Waals surface area contributed by atoms with Crippen LogP contribution in [0.1, 0.15) is 43.4 Å². The van der Waals surface area contributed by atoms with Crippen LogP contribution in [0.15, 0.2) is 18.2 Å². The van der Waals surface area contributed by atoms with E-state index in [9.17, 15) is 4.79 Å². The van der Waals surface area contributed by atoms with Gasteiger partial charge in [-0.1, -0.05) is 32.0 Å². The van der Waals surface area contributed by atoms with Gasteiger partial charge in [0.05, 0.1) is 0 Å². The monoisotopic (exact) mass is 216 g/mol. The zero-order valence-electron chi connectivity index (χ0n) is 10.3. The van der Waals surface area contributed by atoms with Crippen molar-refractivity contribution in [3.63, 3.8) is 0 Å². The Kier molecular flexibility index (Phi) is 3.42. The first-order valence-corrected chi connectivity index (χ1v) is 6.34. The van der Waals surface area contributed by atoms with Gasteiger partial charge in [-0.05, 0) is 42.4 Å². The van der Waals surface area contributed by atoms with Crippen molar-refractivity contribution in [2.45, 2.75) is 46.0 Å². The summed E-state index contributed by atoms with van der Waals surface area (Å²) < 4.78 is 0. The lowest BCUT2D eigenvalue weighted by molar-refractivity contribution is -0.121. The molecule has 0 saturated heterocycles. The minimum atomic E-state index is 0.202. The zero-order valence-corrected chi connectivity index (χ0v) is 10.3. The van der Waals surface area contributed by atoms with Gasteiger partial charge in [-0.2, -0.15) is 0 Å². The Bertz CT molecular complexity index is 392. The quantitative estimate of drug-likeness (QED) is 0.754. The van der Waals surface area contributed by atoms with Gasteiger partial charge >= 0.3 is 0 Å². The molecule has 2 rings (SSSR count). The van der Waals surface area contributed by atoms with Crippen LogP contribution in [0.5, 0.6) is 0 Å². The molecule has 1 unspecified atom stereocenters. The number of hydrogen-bond acceptors (Lipinski definition) is 1. The maximum atomic E-state index is 11.8. The maximum absolute atomic E-state index is 11.8. The van der Waals surface area contributed by atoms with Crippen LogP contribution in [0, 0.1) is 5.92 Å². The lowest BCUT2D eigenvalue weighted by Crippen LogP contribution is -2.12. The lowest BCUT2D eigenvalue weighted by Gasteiger charge is -2.08. The molecular formula is C15H20O. The van der Waals surface area contributed by atoms with Gasteiger partial charge in [0.25, 0.3) is 0 Å². The first kappa shape index (κ1) is 11.4. The fourth-order valence-electron chi connectivity index (χ4n) is 2.34. The molecule has 0 radical (unpaired) electrons. The molecule has 0 spiro atoms. The SMILES string of the molecule is CCC(C)C(=O)Cc1ccc2c(c1)CCC2. The highest BCUT2D eigenvalue weighted by Crippen LogP contribution is 2.23. The molecule has 1 heteroatoms. The summed E-state index contributed by atoms with van der Waals surface area (Å²) in [5.41, 5.74) is 4.15. The Hall–Kier alpha value is -1.11. The van der Waals surface area contributed by atoms with Crippen molar-refractivity contribution in [2.75, 3.05) is 0 Å². The molecular weight excluding hydrogens is 196 g/mol. The summed E-state index contributed by atoms with van der Waals surface area (Å²) in [4.78, 5) is 11.8. The highest BCUT2D eigenvalue weighted by Gasteiger charge is 2.14. The molecule has 1 atom stereocenters.